The van der Waals surface area contributed by atoms with Gasteiger partial charge in [-0.1, -0.05) is 6.07 Å². The maximum absolute atomic E-state index is 12.7. The molecule has 0 saturated carbocycles. The van der Waals surface area contributed by atoms with Crippen LogP contribution in [0.1, 0.15) is 36.7 Å². The van der Waals surface area contributed by atoms with Crippen molar-refractivity contribution in [2.75, 3.05) is 18.0 Å². The van der Waals surface area contributed by atoms with Crippen LogP contribution in [0.5, 0.6) is 5.75 Å². The number of hydrogen-bond donors (Lipinski definition) is 1. The van der Waals surface area contributed by atoms with Crippen molar-refractivity contribution < 1.29 is 14.3 Å². The third-order valence-corrected chi connectivity index (χ3v) is 4.95. The fraction of sp³-hybridized carbons (Fsp3) is 0.273. The quantitative estimate of drug-likeness (QED) is 0.532. The Balaban J connectivity index is 2.18. The summed E-state index contributed by atoms with van der Waals surface area (Å²) >= 11 is 0. The molecule has 0 saturated heterocycles. The third-order valence-electron chi connectivity index (χ3n) is 4.95. The number of nitrogens with zero attached hydrogens (tertiary/aromatic N) is 1. The van der Waals surface area contributed by atoms with Gasteiger partial charge in [0.05, 0.1) is 11.1 Å². The number of rotatable bonds is 5. The first-order chi connectivity index (χ1) is 12.9. The molecular formula is C22H23NO4. The van der Waals surface area contributed by atoms with Crippen molar-refractivity contribution >= 4 is 22.4 Å². The molecule has 0 aliphatic heterocycles. The molecule has 0 aliphatic rings. The van der Waals surface area contributed by atoms with Gasteiger partial charge < -0.3 is 14.4 Å². The highest BCUT2D eigenvalue weighted by molar-refractivity contribution is 5.97. The molecule has 1 aromatic heterocycles. The van der Waals surface area contributed by atoms with Gasteiger partial charge in [0, 0.05) is 30.2 Å². The van der Waals surface area contributed by atoms with E-state index in [1.807, 2.05) is 25.1 Å². The van der Waals surface area contributed by atoms with E-state index >= 15 is 0 Å². The summed E-state index contributed by atoms with van der Waals surface area (Å²) in [4.78, 5) is 26.4. The normalized spacial score (nSPS) is 11.0. The van der Waals surface area contributed by atoms with E-state index in [2.05, 4.69) is 18.7 Å². The van der Waals surface area contributed by atoms with Gasteiger partial charge in [0.2, 0.25) is 0 Å². The van der Waals surface area contributed by atoms with E-state index in [0.717, 1.165) is 29.7 Å². The number of ketones is 1. The van der Waals surface area contributed by atoms with Gasteiger partial charge in [-0.15, -0.1) is 0 Å². The van der Waals surface area contributed by atoms with Crippen LogP contribution in [0.4, 0.5) is 5.69 Å². The molecule has 3 rings (SSSR count). The summed E-state index contributed by atoms with van der Waals surface area (Å²) in [5.41, 5.74) is 3.00. The van der Waals surface area contributed by atoms with E-state index in [-0.39, 0.29) is 17.1 Å². The van der Waals surface area contributed by atoms with Crippen LogP contribution in [-0.2, 0) is 0 Å². The molecule has 0 aliphatic carbocycles. The highest BCUT2D eigenvalue weighted by Gasteiger charge is 2.16. The van der Waals surface area contributed by atoms with E-state index in [1.54, 1.807) is 6.07 Å². The first-order valence-electron chi connectivity index (χ1n) is 9.04. The van der Waals surface area contributed by atoms with Crippen molar-refractivity contribution in [3.8, 4) is 16.9 Å². The second-order valence-electron chi connectivity index (χ2n) is 6.53. The Bertz CT molecular complexity index is 1080. The Morgan fingerprint density at radius 1 is 1.11 bits per heavy atom. The summed E-state index contributed by atoms with van der Waals surface area (Å²) in [5, 5.41) is 11.0. The number of anilines is 1. The molecule has 0 spiro atoms. The van der Waals surface area contributed by atoms with Crippen LogP contribution in [0.25, 0.3) is 22.1 Å². The average Bonchev–Trinajstić information content (AvgIpc) is 2.62. The largest absolute Gasteiger partial charge is 0.507 e. The molecule has 0 amide bonds. The van der Waals surface area contributed by atoms with E-state index in [1.165, 1.54) is 19.1 Å². The summed E-state index contributed by atoms with van der Waals surface area (Å²) < 4.78 is 5.59. The van der Waals surface area contributed by atoms with Gasteiger partial charge in [-0.25, -0.2) is 4.79 Å². The maximum Gasteiger partial charge on any atom is 0.344 e. The zero-order valence-electron chi connectivity index (χ0n) is 16.0. The lowest BCUT2D eigenvalue weighted by Gasteiger charge is -2.21. The molecule has 1 N–H and O–H groups in total. The van der Waals surface area contributed by atoms with Crippen molar-refractivity contribution in [1.29, 1.82) is 0 Å². The van der Waals surface area contributed by atoms with Crippen LogP contribution in [0, 0.1) is 6.92 Å². The number of phenolic OH excluding ortho intramolecular Hbond substituents is 1. The van der Waals surface area contributed by atoms with Gasteiger partial charge >= 0.3 is 5.63 Å². The second-order valence-corrected chi connectivity index (χ2v) is 6.53. The number of hydrogen-bond acceptors (Lipinski definition) is 5. The number of carbonyl (C=O) groups excluding carboxylic acids is 1. The summed E-state index contributed by atoms with van der Waals surface area (Å²) in [6.45, 7) is 9.14. The zero-order valence-corrected chi connectivity index (χ0v) is 16.0. The van der Waals surface area contributed by atoms with Crippen LogP contribution < -0.4 is 10.5 Å². The monoisotopic (exact) mass is 365 g/mol. The molecule has 140 valence electrons. The third kappa shape index (κ3) is 3.33. The van der Waals surface area contributed by atoms with E-state index in [4.69, 9.17) is 4.42 Å². The van der Waals surface area contributed by atoms with Crippen molar-refractivity contribution in [2.45, 2.75) is 27.7 Å². The van der Waals surface area contributed by atoms with Gasteiger partial charge in [0.1, 0.15) is 11.3 Å². The lowest BCUT2D eigenvalue weighted by atomic mass is 9.97. The molecule has 5 nitrogen and oxygen atoms in total. The number of aromatic hydroxyl groups is 1. The second kappa shape index (κ2) is 7.27. The van der Waals surface area contributed by atoms with Crippen LogP contribution in [-0.4, -0.2) is 24.0 Å². The SMILES string of the molecule is CCN(CC)c1ccc2c(C)c(-c3ccc(C(C)=O)c(O)c3)c(=O)oc2c1. The van der Waals surface area contributed by atoms with Crippen LogP contribution in [0.15, 0.2) is 45.6 Å². The molecule has 0 fully saturated rings. The fourth-order valence-electron chi connectivity index (χ4n) is 3.45. The van der Waals surface area contributed by atoms with Gasteiger partial charge in [0.15, 0.2) is 5.78 Å². The van der Waals surface area contributed by atoms with Crippen molar-refractivity contribution in [1.82, 2.24) is 0 Å². The average molecular weight is 365 g/mol. The number of carbonyl (C=O) groups is 1. The number of fused-ring (bicyclic) bond motifs is 1. The standard InChI is InChI=1S/C22H23NO4/c1-5-23(6-2)16-8-10-17-13(3)21(22(26)27-20(17)12-16)15-7-9-18(14(4)24)19(25)11-15/h7-12,25H,5-6H2,1-4H3. The van der Waals surface area contributed by atoms with Crippen LogP contribution >= 0.6 is 0 Å². The van der Waals surface area contributed by atoms with Gasteiger partial charge in [0.25, 0.3) is 0 Å². The van der Waals surface area contributed by atoms with Gasteiger partial charge in [-0.05, 0) is 63.1 Å². The molecule has 0 radical (unpaired) electrons. The zero-order chi connectivity index (χ0) is 19.7. The smallest absolute Gasteiger partial charge is 0.344 e. The summed E-state index contributed by atoms with van der Waals surface area (Å²) in [5.74, 6) is -0.374. The van der Waals surface area contributed by atoms with E-state index in [0.29, 0.717) is 16.7 Å². The molecular weight excluding hydrogens is 342 g/mol. The lowest BCUT2D eigenvalue weighted by Crippen LogP contribution is -2.21. The Morgan fingerprint density at radius 2 is 1.81 bits per heavy atom. The molecule has 0 atom stereocenters. The lowest BCUT2D eigenvalue weighted by molar-refractivity contribution is 0.101. The van der Waals surface area contributed by atoms with Crippen LogP contribution in [0.2, 0.25) is 0 Å². The molecule has 0 bridgehead atoms. The van der Waals surface area contributed by atoms with Crippen molar-refractivity contribution in [2.24, 2.45) is 0 Å². The first-order valence-corrected chi connectivity index (χ1v) is 9.04. The van der Waals surface area contributed by atoms with Crippen LogP contribution in [0.3, 0.4) is 0 Å². The summed E-state index contributed by atoms with van der Waals surface area (Å²) in [6.07, 6.45) is 0. The molecule has 5 heteroatoms. The molecule has 1 heterocycles. The van der Waals surface area contributed by atoms with Crippen molar-refractivity contribution in [3.63, 3.8) is 0 Å². The number of aryl methyl sites for hydroxylation is 1. The van der Waals surface area contributed by atoms with Gasteiger partial charge in [-0.3, -0.25) is 4.79 Å². The topological polar surface area (TPSA) is 70.8 Å². The van der Waals surface area contributed by atoms with Gasteiger partial charge in [-0.2, -0.15) is 0 Å². The number of benzene rings is 2. The molecule has 0 unspecified atom stereocenters. The van der Waals surface area contributed by atoms with Crippen molar-refractivity contribution in [3.05, 3.63) is 57.9 Å². The fourth-order valence-corrected chi connectivity index (χ4v) is 3.45. The minimum Gasteiger partial charge on any atom is -0.507 e. The Hall–Kier alpha value is -3.08. The number of Topliss-reactive ketones (excluding diaryl/α,β-unsaturated/α-hetero) is 1. The highest BCUT2D eigenvalue weighted by atomic mass is 16.4. The Morgan fingerprint density at radius 3 is 2.41 bits per heavy atom. The minimum absolute atomic E-state index is 0.143. The van der Waals surface area contributed by atoms with E-state index in [9.17, 15) is 14.7 Å². The predicted octanol–water partition coefficient (Wildman–Crippen LogP) is 4.52. The molecule has 3 aromatic rings. The first kappa shape index (κ1) is 18.7. The summed E-state index contributed by atoms with van der Waals surface area (Å²) in [6, 6.07) is 10.5. The Kier molecular flexibility index (Phi) is 5.04. The summed E-state index contributed by atoms with van der Waals surface area (Å²) in [7, 11) is 0. The highest BCUT2D eigenvalue weighted by Crippen LogP contribution is 2.31. The molecule has 2 aromatic carbocycles. The predicted molar refractivity (Wildman–Crippen MR) is 108 cm³/mol. The molecule has 27 heavy (non-hydrogen) atoms. The minimum atomic E-state index is -0.466. The number of phenols is 1. The van der Waals surface area contributed by atoms with E-state index < -0.39 is 5.63 Å². The maximum atomic E-state index is 12.7. The Labute approximate surface area is 157 Å².